The van der Waals surface area contributed by atoms with E-state index in [9.17, 15) is 4.79 Å². The smallest absolute Gasteiger partial charge is 0.314 e. The fourth-order valence-corrected chi connectivity index (χ4v) is 0.712. The van der Waals surface area contributed by atoms with Gasteiger partial charge in [-0.15, -0.1) is 0 Å². The number of nitrogens with one attached hydrogen (secondary N) is 2. The van der Waals surface area contributed by atoms with Gasteiger partial charge < -0.3 is 10.6 Å². The summed E-state index contributed by atoms with van der Waals surface area (Å²) in [6, 6.07) is -0.0648. The number of carbonyl (C=O) groups excluding carboxylic acids is 1. The molecule has 0 radical (unpaired) electrons. The van der Waals surface area contributed by atoms with Gasteiger partial charge in [-0.25, -0.2) is 4.79 Å². The maximum Gasteiger partial charge on any atom is 0.314 e. The highest BCUT2D eigenvalue weighted by Gasteiger charge is 2.07. The molecule has 0 saturated carbocycles. The minimum atomic E-state index is -0.0648. The average Bonchev–Trinajstić information content (AvgIpc) is 2.00. The van der Waals surface area contributed by atoms with Gasteiger partial charge in [0.2, 0.25) is 0 Å². The highest BCUT2D eigenvalue weighted by atomic mass is 16.2. The normalized spacial score (nSPS) is 12.8. The van der Waals surface area contributed by atoms with E-state index in [4.69, 9.17) is 0 Å². The first-order valence-corrected chi connectivity index (χ1v) is 4.59. The summed E-state index contributed by atoms with van der Waals surface area (Å²) in [6.45, 7) is 9.79. The van der Waals surface area contributed by atoms with Crippen molar-refractivity contribution >= 4 is 6.03 Å². The highest BCUT2D eigenvalue weighted by Crippen LogP contribution is 2.07. The minimum Gasteiger partial charge on any atom is -0.338 e. The molecule has 0 aromatic carbocycles. The summed E-state index contributed by atoms with van der Waals surface area (Å²) in [4.78, 5) is 10.9. The Balaban J connectivity index is 3.47. The standard InChI is InChI=1S/C9H20N2O/c1-5-10-9(12)11-6-8(4)7(2)3/h7-8H,5-6H2,1-4H3,(H2,10,11,12). The molecule has 0 aromatic rings. The topological polar surface area (TPSA) is 41.1 Å². The van der Waals surface area contributed by atoms with Crippen LogP contribution < -0.4 is 10.6 Å². The van der Waals surface area contributed by atoms with E-state index in [0.717, 1.165) is 6.54 Å². The third kappa shape index (κ3) is 4.99. The second kappa shape index (κ2) is 5.86. The number of hydrogen-bond donors (Lipinski definition) is 2. The van der Waals surface area contributed by atoms with E-state index in [1.54, 1.807) is 0 Å². The summed E-state index contributed by atoms with van der Waals surface area (Å²) in [5.41, 5.74) is 0. The van der Waals surface area contributed by atoms with Crippen molar-refractivity contribution in [3.05, 3.63) is 0 Å². The van der Waals surface area contributed by atoms with Crippen LogP contribution in [0.5, 0.6) is 0 Å². The van der Waals surface area contributed by atoms with E-state index in [1.165, 1.54) is 0 Å². The Kier molecular flexibility index (Phi) is 5.51. The molecule has 0 heterocycles. The molecule has 12 heavy (non-hydrogen) atoms. The van der Waals surface area contributed by atoms with Gasteiger partial charge in [0.05, 0.1) is 0 Å². The third-order valence-electron chi connectivity index (χ3n) is 2.06. The van der Waals surface area contributed by atoms with Crippen molar-refractivity contribution in [3.63, 3.8) is 0 Å². The van der Waals surface area contributed by atoms with Crippen LogP contribution in [0, 0.1) is 11.8 Å². The Labute approximate surface area is 74.9 Å². The summed E-state index contributed by atoms with van der Waals surface area (Å²) in [7, 11) is 0. The van der Waals surface area contributed by atoms with Crippen molar-refractivity contribution in [3.8, 4) is 0 Å². The summed E-state index contributed by atoms with van der Waals surface area (Å²) in [5.74, 6) is 1.15. The molecule has 0 aliphatic rings. The second-order valence-electron chi connectivity index (χ2n) is 3.46. The second-order valence-corrected chi connectivity index (χ2v) is 3.46. The molecular formula is C9H20N2O. The minimum absolute atomic E-state index is 0.0648. The van der Waals surface area contributed by atoms with E-state index in [1.807, 2.05) is 6.92 Å². The van der Waals surface area contributed by atoms with Crippen molar-refractivity contribution in [2.24, 2.45) is 11.8 Å². The first-order valence-electron chi connectivity index (χ1n) is 4.59. The lowest BCUT2D eigenvalue weighted by molar-refractivity contribution is 0.238. The summed E-state index contributed by atoms with van der Waals surface area (Å²) < 4.78 is 0. The molecule has 0 aliphatic heterocycles. The van der Waals surface area contributed by atoms with Crippen molar-refractivity contribution < 1.29 is 4.79 Å². The van der Waals surface area contributed by atoms with E-state index in [0.29, 0.717) is 18.4 Å². The maximum atomic E-state index is 10.9. The predicted molar refractivity (Wildman–Crippen MR) is 51.1 cm³/mol. The number of rotatable bonds is 4. The van der Waals surface area contributed by atoms with Crippen LogP contribution in [0.3, 0.4) is 0 Å². The van der Waals surface area contributed by atoms with Crippen molar-refractivity contribution in [1.82, 2.24) is 10.6 Å². The highest BCUT2D eigenvalue weighted by molar-refractivity contribution is 5.73. The monoisotopic (exact) mass is 172 g/mol. The number of carbonyl (C=O) groups is 1. The van der Waals surface area contributed by atoms with Crippen molar-refractivity contribution in [1.29, 1.82) is 0 Å². The van der Waals surface area contributed by atoms with Crippen LogP contribution in [0.25, 0.3) is 0 Å². The molecule has 2 N–H and O–H groups in total. The van der Waals surface area contributed by atoms with E-state index < -0.39 is 0 Å². The lowest BCUT2D eigenvalue weighted by atomic mass is 9.98. The number of amides is 2. The SMILES string of the molecule is CCNC(=O)NCC(C)C(C)C. The average molecular weight is 172 g/mol. The Hall–Kier alpha value is -0.730. The van der Waals surface area contributed by atoms with Gasteiger partial charge in [0, 0.05) is 13.1 Å². The summed E-state index contributed by atoms with van der Waals surface area (Å²) >= 11 is 0. The van der Waals surface area contributed by atoms with E-state index >= 15 is 0 Å². The van der Waals surface area contributed by atoms with Crippen LogP contribution in [-0.2, 0) is 0 Å². The molecule has 0 aliphatic carbocycles. The van der Waals surface area contributed by atoms with E-state index in [2.05, 4.69) is 31.4 Å². The van der Waals surface area contributed by atoms with Gasteiger partial charge in [0.15, 0.2) is 0 Å². The molecule has 3 nitrogen and oxygen atoms in total. The van der Waals surface area contributed by atoms with Crippen LogP contribution in [0.1, 0.15) is 27.7 Å². The molecule has 0 rings (SSSR count). The van der Waals surface area contributed by atoms with Gasteiger partial charge in [-0.3, -0.25) is 0 Å². The number of hydrogen-bond acceptors (Lipinski definition) is 1. The molecule has 1 unspecified atom stereocenters. The predicted octanol–water partition coefficient (Wildman–Crippen LogP) is 1.60. The van der Waals surface area contributed by atoms with Gasteiger partial charge in [0.1, 0.15) is 0 Å². The fraction of sp³-hybridized carbons (Fsp3) is 0.889. The molecule has 0 spiro atoms. The van der Waals surface area contributed by atoms with Gasteiger partial charge in [-0.05, 0) is 18.8 Å². The molecule has 72 valence electrons. The zero-order valence-corrected chi connectivity index (χ0v) is 8.48. The van der Waals surface area contributed by atoms with Gasteiger partial charge in [-0.2, -0.15) is 0 Å². The van der Waals surface area contributed by atoms with Crippen LogP contribution in [0.4, 0.5) is 4.79 Å². The fourth-order valence-electron chi connectivity index (χ4n) is 0.712. The lowest BCUT2D eigenvalue weighted by Crippen LogP contribution is -2.38. The van der Waals surface area contributed by atoms with Crippen LogP contribution in [0.15, 0.2) is 0 Å². The number of urea groups is 1. The molecule has 0 saturated heterocycles. The summed E-state index contributed by atoms with van der Waals surface area (Å²) in [5, 5.41) is 5.50. The van der Waals surface area contributed by atoms with Crippen LogP contribution in [0.2, 0.25) is 0 Å². The molecule has 0 fully saturated rings. The Morgan fingerprint density at radius 2 is 1.83 bits per heavy atom. The zero-order chi connectivity index (χ0) is 9.56. The molecular weight excluding hydrogens is 152 g/mol. The van der Waals surface area contributed by atoms with E-state index in [-0.39, 0.29) is 6.03 Å². The largest absolute Gasteiger partial charge is 0.338 e. The Morgan fingerprint density at radius 1 is 1.25 bits per heavy atom. The van der Waals surface area contributed by atoms with Gasteiger partial charge >= 0.3 is 6.03 Å². The molecule has 0 aromatic heterocycles. The Bertz CT molecular complexity index is 134. The zero-order valence-electron chi connectivity index (χ0n) is 8.48. The molecule has 3 heteroatoms. The van der Waals surface area contributed by atoms with Crippen molar-refractivity contribution in [2.75, 3.05) is 13.1 Å². The Morgan fingerprint density at radius 3 is 2.25 bits per heavy atom. The third-order valence-corrected chi connectivity index (χ3v) is 2.06. The van der Waals surface area contributed by atoms with Crippen LogP contribution in [-0.4, -0.2) is 19.1 Å². The van der Waals surface area contributed by atoms with Gasteiger partial charge in [-0.1, -0.05) is 20.8 Å². The first-order chi connectivity index (χ1) is 5.57. The quantitative estimate of drug-likeness (QED) is 0.664. The summed E-state index contributed by atoms with van der Waals surface area (Å²) in [6.07, 6.45) is 0. The molecule has 0 bridgehead atoms. The molecule has 2 amide bonds. The maximum absolute atomic E-state index is 10.9. The lowest BCUT2D eigenvalue weighted by Gasteiger charge is -2.15. The van der Waals surface area contributed by atoms with Gasteiger partial charge in [0.25, 0.3) is 0 Å². The first kappa shape index (κ1) is 11.3. The molecule has 1 atom stereocenters. The van der Waals surface area contributed by atoms with Crippen LogP contribution >= 0.6 is 0 Å². The van der Waals surface area contributed by atoms with Crippen molar-refractivity contribution in [2.45, 2.75) is 27.7 Å².